The molecule has 8 heteroatoms. The number of halogens is 1. The van der Waals surface area contributed by atoms with Crippen molar-refractivity contribution in [3.05, 3.63) is 45.7 Å². The van der Waals surface area contributed by atoms with Crippen LogP contribution in [0.25, 0.3) is 0 Å². The molecule has 25 heavy (non-hydrogen) atoms. The molecular weight excluding hydrogens is 433 g/mol. The van der Waals surface area contributed by atoms with Crippen molar-refractivity contribution in [2.45, 2.75) is 0 Å². The van der Waals surface area contributed by atoms with Crippen LogP contribution in [0.4, 0.5) is 11.5 Å². The Balaban J connectivity index is 1.45. The highest BCUT2D eigenvalue weighted by molar-refractivity contribution is 14.1. The molecule has 2 N–H and O–H groups in total. The van der Waals surface area contributed by atoms with Crippen LogP contribution >= 0.6 is 22.6 Å². The van der Waals surface area contributed by atoms with Crippen molar-refractivity contribution >= 4 is 40.0 Å². The minimum atomic E-state index is -0.0775. The third-order valence-corrected chi connectivity index (χ3v) is 4.56. The molecule has 1 aromatic carbocycles. The van der Waals surface area contributed by atoms with E-state index in [0.29, 0.717) is 24.5 Å². The van der Waals surface area contributed by atoms with Gasteiger partial charge in [0.05, 0.1) is 25.1 Å². The number of morpholine rings is 1. The third kappa shape index (κ3) is 5.27. The second kappa shape index (κ2) is 8.95. The fourth-order valence-electron chi connectivity index (χ4n) is 2.51. The van der Waals surface area contributed by atoms with Crippen molar-refractivity contribution in [3.8, 4) is 0 Å². The van der Waals surface area contributed by atoms with Gasteiger partial charge in [0.25, 0.3) is 5.91 Å². The number of benzene rings is 1. The Morgan fingerprint density at radius 3 is 2.72 bits per heavy atom. The lowest BCUT2D eigenvalue weighted by atomic mass is 10.2. The van der Waals surface area contributed by atoms with Crippen LogP contribution in [0, 0.1) is 3.57 Å². The molecule has 0 atom stereocenters. The van der Waals surface area contributed by atoms with Gasteiger partial charge in [0.15, 0.2) is 5.82 Å². The number of amides is 1. The standard InChI is InChI=1S/C17H20IN5O2/c18-14-3-1-13(2-4-14)17(24)20-6-5-19-16-11-15(12-21-22-16)23-7-9-25-10-8-23/h1-4,11-12H,5-10H2,(H,19,22)(H,20,24). The van der Waals surface area contributed by atoms with Crippen LogP contribution in [0.2, 0.25) is 0 Å². The van der Waals surface area contributed by atoms with Gasteiger partial charge in [0.1, 0.15) is 0 Å². The Kier molecular flexibility index (Phi) is 6.40. The predicted molar refractivity (Wildman–Crippen MR) is 105 cm³/mol. The number of anilines is 2. The molecule has 0 spiro atoms. The molecule has 3 rings (SSSR count). The first-order chi connectivity index (χ1) is 12.2. The highest BCUT2D eigenvalue weighted by Gasteiger charge is 2.12. The summed E-state index contributed by atoms with van der Waals surface area (Å²) in [6, 6.07) is 9.45. The number of nitrogens with zero attached hydrogens (tertiary/aromatic N) is 3. The van der Waals surface area contributed by atoms with Gasteiger partial charge in [-0.1, -0.05) is 0 Å². The van der Waals surface area contributed by atoms with Gasteiger partial charge in [0.2, 0.25) is 0 Å². The number of ether oxygens (including phenoxy) is 1. The van der Waals surface area contributed by atoms with Crippen molar-refractivity contribution in [1.29, 1.82) is 0 Å². The second-order valence-electron chi connectivity index (χ2n) is 5.59. The van der Waals surface area contributed by atoms with Crippen molar-refractivity contribution < 1.29 is 9.53 Å². The summed E-state index contributed by atoms with van der Waals surface area (Å²) in [6.07, 6.45) is 1.76. The predicted octanol–water partition coefficient (Wildman–Crippen LogP) is 1.76. The van der Waals surface area contributed by atoms with E-state index in [4.69, 9.17) is 4.74 Å². The van der Waals surface area contributed by atoms with E-state index >= 15 is 0 Å². The molecule has 2 aromatic rings. The molecule has 1 amide bonds. The van der Waals surface area contributed by atoms with Gasteiger partial charge in [-0.2, -0.15) is 5.10 Å². The zero-order valence-corrected chi connectivity index (χ0v) is 15.9. The van der Waals surface area contributed by atoms with Crippen LogP contribution in [-0.2, 0) is 4.74 Å². The summed E-state index contributed by atoms with van der Waals surface area (Å²) in [5.41, 5.74) is 1.69. The summed E-state index contributed by atoms with van der Waals surface area (Å²) in [5.74, 6) is 0.624. The highest BCUT2D eigenvalue weighted by atomic mass is 127. The van der Waals surface area contributed by atoms with Gasteiger partial charge in [-0.15, -0.1) is 5.10 Å². The van der Waals surface area contributed by atoms with E-state index in [1.807, 2.05) is 30.3 Å². The smallest absolute Gasteiger partial charge is 0.251 e. The van der Waals surface area contributed by atoms with Crippen LogP contribution in [0.3, 0.4) is 0 Å². The van der Waals surface area contributed by atoms with Gasteiger partial charge in [-0.25, -0.2) is 0 Å². The molecular formula is C17H20IN5O2. The lowest BCUT2D eigenvalue weighted by Crippen LogP contribution is -2.36. The zero-order valence-electron chi connectivity index (χ0n) is 13.7. The lowest BCUT2D eigenvalue weighted by molar-refractivity contribution is 0.0955. The van der Waals surface area contributed by atoms with Crippen molar-refractivity contribution in [2.24, 2.45) is 0 Å². The van der Waals surface area contributed by atoms with Gasteiger partial charge >= 0.3 is 0 Å². The molecule has 0 saturated carbocycles. The fraction of sp³-hybridized carbons (Fsp3) is 0.353. The molecule has 1 aliphatic heterocycles. The second-order valence-corrected chi connectivity index (χ2v) is 6.83. The SMILES string of the molecule is O=C(NCCNc1cc(N2CCOCC2)cnn1)c1ccc(I)cc1. The third-order valence-electron chi connectivity index (χ3n) is 3.84. The number of aromatic nitrogens is 2. The summed E-state index contributed by atoms with van der Waals surface area (Å²) >= 11 is 2.21. The van der Waals surface area contributed by atoms with Crippen molar-refractivity contribution in [2.75, 3.05) is 49.6 Å². The van der Waals surface area contributed by atoms with Crippen LogP contribution < -0.4 is 15.5 Å². The summed E-state index contributed by atoms with van der Waals surface area (Å²) in [7, 11) is 0. The Hall–Kier alpha value is -1.94. The first-order valence-corrected chi connectivity index (χ1v) is 9.23. The molecule has 1 aromatic heterocycles. The van der Waals surface area contributed by atoms with E-state index in [1.54, 1.807) is 6.20 Å². The number of carbonyl (C=O) groups excluding carboxylic acids is 1. The van der Waals surface area contributed by atoms with Gasteiger partial charge in [-0.05, 0) is 46.9 Å². The lowest BCUT2D eigenvalue weighted by Gasteiger charge is -2.28. The topological polar surface area (TPSA) is 79.4 Å². The summed E-state index contributed by atoms with van der Waals surface area (Å²) in [6.45, 7) is 4.27. The number of rotatable bonds is 6. The molecule has 7 nitrogen and oxygen atoms in total. The first-order valence-electron chi connectivity index (χ1n) is 8.15. The Bertz CT molecular complexity index is 704. The Morgan fingerprint density at radius 2 is 1.96 bits per heavy atom. The first kappa shape index (κ1) is 17.9. The average Bonchev–Trinajstić information content (AvgIpc) is 2.66. The summed E-state index contributed by atoms with van der Waals surface area (Å²) in [4.78, 5) is 14.3. The maximum Gasteiger partial charge on any atom is 0.251 e. The molecule has 0 bridgehead atoms. The van der Waals surface area contributed by atoms with Crippen LogP contribution in [0.5, 0.6) is 0 Å². The molecule has 0 unspecified atom stereocenters. The van der Waals surface area contributed by atoms with Crippen LogP contribution in [0.1, 0.15) is 10.4 Å². The maximum atomic E-state index is 12.0. The molecule has 0 radical (unpaired) electrons. The monoisotopic (exact) mass is 453 g/mol. The molecule has 1 aliphatic rings. The van der Waals surface area contributed by atoms with Gasteiger partial charge in [0, 0.05) is 41.4 Å². The summed E-state index contributed by atoms with van der Waals surface area (Å²) < 4.78 is 6.47. The highest BCUT2D eigenvalue weighted by Crippen LogP contribution is 2.16. The normalized spacial score (nSPS) is 14.2. The van der Waals surface area contributed by atoms with Gasteiger partial charge in [-0.3, -0.25) is 4.79 Å². The van der Waals surface area contributed by atoms with E-state index in [-0.39, 0.29) is 5.91 Å². The van der Waals surface area contributed by atoms with Crippen LogP contribution in [-0.4, -0.2) is 55.5 Å². The van der Waals surface area contributed by atoms with Crippen molar-refractivity contribution in [3.63, 3.8) is 0 Å². The van der Waals surface area contributed by atoms with Crippen molar-refractivity contribution in [1.82, 2.24) is 15.5 Å². The van der Waals surface area contributed by atoms with E-state index in [0.717, 1.165) is 35.6 Å². The average molecular weight is 453 g/mol. The molecule has 132 valence electrons. The van der Waals surface area contributed by atoms with E-state index in [1.165, 1.54) is 0 Å². The maximum absolute atomic E-state index is 12.0. The zero-order chi connectivity index (χ0) is 17.5. The minimum absolute atomic E-state index is 0.0775. The number of hydrogen-bond acceptors (Lipinski definition) is 6. The molecule has 0 aliphatic carbocycles. The van der Waals surface area contributed by atoms with Gasteiger partial charge < -0.3 is 20.3 Å². The number of carbonyl (C=O) groups is 1. The number of hydrogen-bond donors (Lipinski definition) is 2. The minimum Gasteiger partial charge on any atom is -0.378 e. The largest absolute Gasteiger partial charge is 0.378 e. The van der Waals surface area contributed by atoms with E-state index in [9.17, 15) is 4.79 Å². The Labute approximate surface area is 160 Å². The fourth-order valence-corrected chi connectivity index (χ4v) is 2.87. The van der Waals surface area contributed by atoms with E-state index in [2.05, 4.69) is 48.3 Å². The summed E-state index contributed by atoms with van der Waals surface area (Å²) in [5, 5.41) is 14.2. The number of nitrogens with one attached hydrogen (secondary N) is 2. The Morgan fingerprint density at radius 1 is 1.20 bits per heavy atom. The molecule has 2 heterocycles. The molecule has 1 fully saturated rings. The molecule has 1 saturated heterocycles. The van der Waals surface area contributed by atoms with E-state index < -0.39 is 0 Å². The quantitative estimate of drug-likeness (QED) is 0.513. The van der Waals surface area contributed by atoms with Crippen LogP contribution in [0.15, 0.2) is 36.5 Å².